The zero-order valence-corrected chi connectivity index (χ0v) is 10.6. The molecule has 2 N–H and O–H groups in total. The van der Waals surface area contributed by atoms with Crippen LogP contribution in [-0.4, -0.2) is 28.5 Å². The fourth-order valence-electron chi connectivity index (χ4n) is 2.96. The molecule has 0 radical (unpaired) electrons. The minimum absolute atomic E-state index is 0.640. The molecule has 0 aromatic carbocycles. The monoisotopic (exact) mass is 244 g/mol. The summed E-state index contributed by atoms with van der Waals surface area (Å²) < 4.78 is 2.18. The van der Waals surface area contributed by atoms with Crippen LogP contribution < -0.4 is 10.6 Å². The SMILES string of the molecule is NCCCC1CCCN1c1cccc2nccn12. The van der Waals surface area contributed by atoms with E-state index in [1.54, 1.807) is 0 Å². The Morgan fingerprint density at radius 2 is 2.33 bits per heavy atom. The second kappa shape index (κ2) is 4.98. The zero-order chi connectivity index (χ0) is 12.4. The number of imidazole rings is 1. The molecule has 1 aliphatic rings. The molecule has 1 unspecified atom stereocenters. The summed E-state index contributed by atoms with van der Waals surface area (Å²) >= 11 is 0. The Morgan fingerprint density at radius 3 is 3.22 bits per heavy atom. The molecule has 4 heteroatoms. The lowest BCUT2D eigenvalue weighted by Crippen LogP contribution is -2.31. The van der Waals surface area contributed by atoms with E-state index in [2.05, 4.69) is 32.5 Å². The maximum Gasteiger partial charge on any atom is 0.138 e. The molecular formula is C14H20N4. The summed E-state index contributed by atoms with van der Waals surface area (Å²) in [5.41, 5.74) is 6.66. The van der Waals surface area contributed by atoms with Crippen molar-refractivity contribution in [2.45, 2.75) is 31.7 Å². The third-order valence-electron chi connectivity index (χ3n) is 3.82. The summed E-state index contributed by atoms with van der Waals surface area (Å²) in [4.78, 5) is 6.87. The first-order valence-electron chi connectivity index (χ1n) is 6.79. The van der Waals surface area contributed by atoms with Crippen LogP contribution in [0.15, 0.2) is 30.6 Å². The highest BCUT2D eigenvalue weighted by Gasteiger charge is 2.25. The number of fused-ring (bicyclic) bond motifs is 1. The van der Waals surface area contributed by atoms with Gasteiger partial charge in [-0.25, -0.2) is 4.98 Å². The summed E-state index contributed by atoms with van der Waals surface area (Å²) in [6, 6.07) is 6.97. The molecule has 0 bridgehead atoms. The molecule has 1 fully saturated rings. The molecule has 2 aromatic heterocycles. The predicted molar refractivity (Wildman–Crippen MR) is 73.8 cm³/mol. The van der Waals surface area contributed by atoms with Gasteiger partial charge in [0.05, 0.1) is 0 Å². The summed E-state index contributed by atoms with van der Waals surface area (Å²) in [6.07, 6.45) is 8.78. The van der Waals surface area contributed by atoms with Crippen LogP contribution in [0.3, 0.4) is 0 Å². The predicted octanol–water partition coefficient (Wildman–Crippen LogP) is 2.04. The van der Waals surface area contributed by atoms with Crippen molar-refractivity contribution >= 4 is 11.5 Å². The Morgan fingerprint density at radius 1 is 1.39 bits per heavy atom. The van der Waals surface area contributed by atoms with Crippen molar-refractivity contribution in [3.63, 3.8) is 0 Å². The van der Waals surface area contributed by atoms with Crippen LogP contribution in [0.5, 0.6) is 0 Å². The number of nitrogens with zero attached hydrogens (tertiary/aromatic N) is 3. The zero-order valence-electron chi connectivity index (χ0n) is 10.6. The molecule has 1 saturated heterocycles. The molecule has 18 heavy (non-hydrogen) atoms. The van der Waals surface area contributed by atoms with Gasteiger partial charge in [-0.2, -0.15) is 0 Å². The average Bonchev–Trinajstić information content (AvgIpc) is 3.04. The minimum Gasteiger partial charge on any atom is -0.355 e. The topological polar surface area (TPSA) is 46.6 Å². The molecule has 96 valence electrons. The Kier molecular flexibility index (Phi) is 3.19. The standard InChI is InChI=1S/C14H20N4/c15-8-2-4-12-5-3-10-17(12)14-7-1-6-13-16-9-11-18(13)14/h1,6-7,9,11-12H,2-5,8,10,15H2. The second-order valence-corrected chi connectivity index (χ2v) is 4.96. The van der Waals surface area contributed by atoms with E-state index in [9.17, 15) is 0 Å². The fourth-order valence-corrected chi connectivity index (χ4v) is 2.96. The van der Waals surface area contributed by atoms with Crippen LogP contribution in [0.4, 0.5) is 5.82 Å². The summed E-state index contributed by atoms with van der Waals surface area (Å²) in [5.74, 6) is 1.27. The van der Waals surface area contributed by atoms with Crippen LogP contribution in [0.1, 0.15) is 25.7 Å². The highest BCUT2D eigenvalue weighted by Crippen LogP contribution is 2.28. The van der Waals surface area contributed by atoms with E-state index in [4.69, 9.17) is 5.73 Å². The smallest absolute Gasteiger partial charge is 0.138 e. The van der Waals surface area contributed by atoms with Crippen LogP contribution >= 0.6 is 0 Å². The lowest BCUT2D eigenvalue weighted by atomic mass is 10.1. The largest absolute Gasteiger partial charge is 0.355 e. The van der Waals surface area contributed by atoms with Gasteiger partial charge in [-0.15, -0.1) is 0 Å². The molecule has 0 spiro atoms. The van der Waals surface area contributed by atoms with Crippen LogP contribution in [0.25, 0.3) is 5.65 Å². The van der Waals surface area contributed by atoms with Gasteiger partial charge in [-0.05, 0) is 44.4 Å². The first-order chi connectivity index (χ1) is 8.90. The van der Waals surface area contributed by atoms with Gasteiger partial charge in [0.2, 0.25) is 0 Å². The molecule has 3 heterocycles. The third kappa shape index (κ3) is 1.97. The van der Waals surface area contributed by atoms with Crippen molar-refractivity contribution in [1.82, 2.24) is 9.38 Å². The van der Waals surface area contributed by atoms with Gasteiger partial charge in [0.25, 0.3) is 0 Å². The number of nitrogens with two attached hydrogens (primary N) is 1. The molecule has 1 aliphatic heterocycles. The number of anilines is 1. The van der Waals surface area contributed by atoms with Crippen molar-refractivity contribution in [3.05, 3.63) is 30.6 Å². The molecule has 4 nitrogen and oxygen atoms in total. The molecule has 0 aliphatic carbocycles. The van der Waals surface area contributed by atoms with Crippen molar-refractivity contribution in [2.75, 3.05) is 18.0 Å². The summed E-state index contributed by atoms with van der Waals surface area (Å²) in [5, 5.41) is 0. The number of hydrogen-bond acceptors (Lipinski definition) is 3. The van der Waals surface area contributed by atoms with E-state index in [1.807, 2.05) is 12.4 Å². The van der Waals surface area contributed by atoms with E-state index in [0.717, 1.165) is 25.2 Å². The first-order valence-corrected chi connectivity index (χ1v) is 6.79. The highest BCUT2D eigenvalue weighted by atomic mass is 15.3. The number of pyridine rings is 1. The Hall–Kier alpha value is -1.55. The maximum atomic E-state index is 5.63. The molecular weight excluding hydrogens is 224 g/mol. The van der Waals surface area contributed by atoms with Crippen LogP contribution in [-0.2, 0) is 0 Å². The quantitative estimate of drug-likeness (QED) is 0.895. The van der Waals surface area contributed by atoms with Gasteiger partial charge in [0.15, 0.2) is 0 Å². The van der Waals surface area contributed by atoms with E-state index in [1.165, 1.54) is 25.1 Å². The molecule has 1 atom stereocenters. The number of hydrogen-bond donors (Lipinski definition) is 1. The fraction of sp³-hybridized carbons (Fsp3) is 0.500. The lowest BCUT2D eigenvalue weighted by molar-refractivity contribution is 0.581. The lowest BCUT2D eigenvalue weighted by Gasteiger charge is -2.27. The van der Waals surface area contributed by atoms with Crippen molar-refractivity contribution in [3.8, 4) is 0 Å². The van der Waals surface area contributed by atoms with Gasteiger partial charge < -0.3 is 10.6 Å². The van der Waals surface area contributed by atoms with Crippen molar-refractivity contribution in [1.29, 1.82) is 0 Å². The van der Waals surface area contributed by atoms with Gasteiger partial charge in [-0.3, -0.25) is 4.40 Å². The molecule has 0 saturated carbocycles. The maximum absolute atomic E-state index is 5.63. The van der Waals surface area contributed by atoms with Crippen molar-refractivity contribution in [2.24, 2.45) is 5.73 Å². The van der Waals surface area contributed by atoms with E-state index in [-0.39, 0.29) is 0 Å². The van der Waals surface area contributed by atoms with Gasteiger partial charge in [0, 0.05) is 25.0 Å². The Bertz CT molecular complexity index is 519. The first kappa shape index (κ1) is 11.5. The normalized spacial score (nSPS) is 19.8. The molecule has 3 rings (SSSR count). The van der Waals surface area contributed by atoms with Gasteiger partial charge in [-0.1, -0.05) is 6.07 Å². The summed E-state index contributed by atoms with van der Waals surface area (Å²) in [6.45, 7) is 1.94. The van der Waals surface area contributed by atoms with Crippen LogP contribution in [0, 0.1) is 0 Å². The highest BCUT2D eigenvalue weighted by molar-refractivity contribution is 5.52. The third-order valence-corrected chi connectivity index (χ3v) is 3.82. The Labute approximate surface area is 107 Å². The minimum atomic E-state index is 0.640. The van der Waals surface area contributed by atoms with E-state index >= 15 is 0 Å². The average molecular weight is 244 g/mol. The van der Waals surface area contributed by atoms with E-state index in [0.29, 0.717) is 6.04 Å². The van der Waals surface area contributed by atoms with E-state index < -0.39 is 0 Å². The molecule has 2 aromatic rings. The van der Waals surface area contributed by atoms with Crippen molar-refractivity contribution < 1.29 is 0 Å². The second-order valence-electron chi connectivity index (χ2n) is 4.96. The van der Waals surface area contributed by atoms with Gasteiger partial charge >= 0.3 is 0 Å². The van der Waals surface area contributed by atoms with Crippen LogP contribution in [0.2, 0.25) is 0 Å². The van der Waals surface area contributed by atoms with Gasteiger partial charge in [0.1, 0.15) is 11.5 Å². The number of rotatable bonds is 4. The summed E-state index contributed by atoms with van der Waals surface area (Å²) in [7, 11) is 0. The number of aromatic nitrogens is 2. The molecule has 0 amide bonds. The Balaban J connectivity index is 1.90.